The molecule has 1 aromatic heterocycles. The second-order valence-corrected chi connectivity index (χ2v) is 7.30. The van der Waals surface area contributed by atoms with Gasteiger partial charge in [0.25, 0.3) is 5.56 Å². The van der Waals surface area contributed by atoms with Crippen LogP contribution in [0.3, 0.4) is 0 Å². The summed E-state index contributed by atoms with van der Waals surface area (Å²) in [5.41, 5.74) is 6.86. The first kappa shape index (κ1) is 12.6. The van der Waals surface area contributed by atoms with Crippen LogP contribution in [0, 0.1) is 23.7 Å². The minimum absolute atomic E-state index is 0.0453. The molecule has 1 heterocycles. The van der Waals surface area contributed by atoms with Crippen molar-refractivity contribution in [1.29, 1.82) is 0 Å². The molecule has 1 aromatic rings. The van der Waals surface area contributed by atoms with E-state index in [4.69, 9.17) is 10.7 Å². The predicted octanol–water partition coefficient (Wildman–Crippen LogP) is 2.33. The molecule has 4 heteroatoms. The van der Waals surface area contributed by atoms with Crippen molar-refractivity contribution in [2.24, 2.45) is 29.4 Å². The average Bonchev–Trinajstić information content (AvgIpc) is 2.36. The molecular weight excluding hydrogens is 250 g/mol. The van der Waals surface area contributed by atoms with Crippen molar-refractivity contribution in [1.82, 2.24) is 9.97 Å². The Morgan fingerprint density at radius 1 is 1.20 bits per heavy atom. The summed E-state index contributed by atoms with van der Waals surface area (Å²) in [6.45, 7) is 1.87. The van der Waals surface area contributed by atoms with Crippen molar-refractivity contribution in [3.63, 3.8) is 0 Å². The third-order valence-corrected chi connectivity index (χ3v) is 5.78. The number of aromatic amines is 1. The second kappa shape index (κ2) is 4.42. The van der Waals surface area contributed by atoms with Crippen LogP contribution in [-0.2, 0) is 0 Å². The molecule has 0 aliphatic heterocycles. The maximum Gasteiger partial charge on any atom is 0.251 e. The molecule has 5 rings (SSSR count). The van der Waals surface area contributed by atoms with Gasteiger partial charge in [-0.05, 0) is 62.7 Å². The van der Waals surface area contributed by atoms with Crippen molar-refractivity contribution in [2.45, 2.75) is 51.0 Å². The third-order valence-electron chi connectivity index (χ3n) is 5.78. The number of hydrogen-bond acceptors (Lipinski definition) is 3. The van der Waals surface area contributed by atoms with Gasteiger partial charge in [-0.2, -0.15) is 0 Å². The first-order chi connectivity index (χ1) is 9.60. The summed E-state index contributed by atoms with van der Waals surface area (Å²) in [7, 11) is 0. The standard InChI is InChI=1S/C16H23N3O/c1-8(17)16-18-13(7-14(20)19-16)15-11-3-9-2-10(5-11)6-12(15)4-9/h7-12,15H,2-6,17H2,1H3,(H,18,19,20). The zero-order valence-electron chi connectivity index (χ0n) is 12.0. The first-order valence-corrected chi connectivity index (χ1v) is 7.97. The minimum atomic E-state index is -0.209. The Morgan fingerprint density at radius 3 is 2.35 bits per heavy atom. The van der Waals surface area contributed by atoms with Crippen molar-refractivity contribution in [3.8, 4) is 0 Å². The van der Waals surface area contributed by atoms with Crippen LogP contribution in [-0.4, -0.2) is 9.97 Å². The highest BCUT2D eigenvalue weighted by atomic mass is 16.1. The van der Waals surface area contributed by atoms with Crippen molar-refractivity contribution in [2.75, 3.05) is 0 Å². The molecule has 3 N–H and O–H groups in total. The summed E-state index contributed by atoms with van der Waals surface area (Å²) in [4.78, 5) is 19.4. The second-order valence-electron chi connectivity index (χ2n) is 7.30. The number of rotatable bonds is 2. The van der Waals surface area contributed by atoms with E-state index in [2.05, 4.69) is 4.98 Å². The van der Waals surface area contributed by atoms with Crippen molar-refractivity contribution in [3.05, 3.63) is 27.9 Å². The average molecular weight is 273 g/mol. The van der Waals surface area contributed by atoms with Gasteiger partial charge >= 0.3 is 0 Å². The molecule has 0 aromatic carbocycles. The summed E-state index contributed by atoms with van der Waals surface area (Å²) < 4.78 is 0. The molecule has 108 valence electrons. The Labute approximate surface area is 119 Å². The van der Waals surface area contributed by atoms with Gasteiger partial charge in [-0.15, -0.1) is 0 Å². The summed E-state index contributed by atoms with van der Waals surface area (Å²) >= 11 is 0. The maximum absolute atomic E-state index is 11.9. The van der Waals surface area contributed by atoms with Gasteiger partial charge < -0.3 is 10.7 Å². The van der Waals surface area contributed by atoms with Crippen LogP contribution in [0.1, 0.15) is 62.5 Å². The fourth-order valence-corrected chi connectivity index (χ4v) is 5.29. The Morgan fingerprint density at radius 2 is 1.80 bits per heavy atom. The van der Waals surface area contributed by atoms with Crippen LogP contribution in [0.25, 0.3) is 0 Å². The minimum Gasteiger partial charge on any atom is -0.322 e. The number of aromatic nitrogens is 2. The highest BCUT2D eigenvalue weighted by molar-refractivity contribution is 5.17. The number of nitrogens with zero attached hydrogens (tertiary/aromatic N) is 1. The molecule has 4 fully saturated rings. The Kier molecular flexibility index (Phi) is 2.78. The lowest BCUT2D eigenvalue weighted by molar-refractivity contribution is -0.00430. The van der Waals surface area contributed by atoms with Gasteiger partial charge in [0, 0.05) is 12.0 Å². The van der Waals surface area contributed by atoms with Crippen LogP contribution in [0.5, 0.6) is 0 Å². The van der Waals surface area contributed by atoms with E-state index in [0.717, 1.165) is 29.4 Å². The fraction of sp³-hybridized carbons (Fsp3) is 0.750. The lowest BCUT2D eigenvalue weighted by Crippen LogP contribution is -2.44. The molecule has 20 heavy (non-hydrogen) atoms. The van der Waals surface area contributed by atoms with E-state index in [0.29, 0.717) is 11.7 Å². The molecule has 0 radical (unpaired) electrons. The third kappa shape index (κ3) is 1.93. The molecule has 1 unspecified atom stereocenters. The van der Waals surface area contributed by atoms with E-state index in [1.54, 1.807) is 6.07 Å². The fourth-order valence-electron chi connectivity index (χ4n) is 5.29. The van der Waals surface area contributed by atoms with Gasteiger partial charge in [-0.1, -0.05) is 0 Å². The van der Waals surface area contributed by atoms with Gasteiger partial charge in [0.15, 0.2) is 0 Å². The quantitative estimate of drug-likeness (QED) is 0.868. The molecule has 4 saturated carbocycles. The van der Waals surface area contributed by atoms with Gasteiger partial charge in [-0.25, -0.2) is 4.98 Å². The highest BCUT2D eigenvalue weighted by Gasteiger charge is 2.49. The normalized spacial score (nSPS) is 40.0. The number of hydrogen-bond donors (Lipinski definition) is 2. The topological polar surface area (TPSA) is 71.8 Å². The summed E-state index contributed by atoms with van der Waals surface area (Å²) in [6.07, 6.45) is 6.84. The Bertz CT molecular complexity index is 549. The van der Waals surface area contributed by atoms with Crippen LogP contribution < -0.4 is 11.3 Å². The molecule has 0 amide bonds. The van der Waals surface area contributed by atoms with Crippen LogP contribution >= 0.6 is 0 Å². The van der Waals surface area contributed by atoms with Gasteiger partial charge in [-0.3, -0.25) is 4.79 Å². The molecule has 4 bridgehead atoms. The first-order valence-electron chi connectivity index (χ1n) is 7.97. The van der Waals surface area contributed by atoms with Crippen LogP contribution in [0.2, 0.25) is 0 Å². The van der Waals surface area contributed by atoms with Crippen molar-refractivity contribution >= 4 is 0 Å². The van der Waals surface area contributed by atoms with E-state index >= 15 is 0 Å². The number of H-pyrrole nitrogens is 1. The van der Waals surface area contributed by atoms with E-state index in [-0.39, 0.29) is 11.6 Å². The highest BCUT2D eigenvalue weighted by Crippen LogP contribution is 2.59. The molecule has 1 atom stereocenters. The smallest absolute Gasteiger partial charge is 0.251 e. The largest absolute Gasteiger partial charge is 0.322 e. The molecular formula is C16H23N3O. The van der Waals surface area contributed by atoms with Gasteiger partial charge in [0.1, 0.15) is 5.82 Å². The zero-order chi connectivity index (χ0) is 13.9. The van der Waals surface area contributed by atoms with Gasteiger partial charge in [0.05, 0.1) is 11.7 Å². The monoisotopic (exact) mass is 273 g/mol. The maximum atomic E-state index is 11.9. The Balaban J connectivity index is 1.72. The molecule has 4 aliphatic rings. The molecule has 4 nitrogen and oxygen atoms in total. The molecule has 0 spiro atoms. The lowest BCUT2D eigenvalue weighted by atomic mass is 9.51. The van der Waals surface area contributed by atoms with Crippen LogP contribution in [0.4, 0.5) is 0 Å². The molecule has 0 saturated heterocycles. The van der Waals surface area contributed by atoms with E-state index < -0.39 is 0 Å². The summed E-state index contributed by atoms with van der Waals surface area (Å²) in [6, 6.07) is 1.51. The van der Waals surface area contributed by atoms with Gasteiger partial charge in [0.2, 0.25) is 0 Å². The van der Waals surface area contributed by atoms with E-state index in [9.17, 15) is 4.79 Å². The number of nitrogens with one attached hydrogen (secondary N) is 1. The number of nitrogens with two attached hydrogens (primary N) is 1. The van der Waals surface area contributed by atoms with Crippen LogP contribution in [0.15, 0.2) is 10.9 Å². The van der Waals surface area contributed by atoms with E-state index in [1.165, 1.54) is 32.1 Å². The summed E-state index contributed by atoms with van der Waals surface area (Å²) in [5, 5.41) is 0. The molecule has 4 aliphatic carbocycles. The lowest BCUT2D eigenvalue weighted by Gasteiger charge is -2.54. The Hall–Kier alpha value is -1.16. The van der Waals surface area contributed by atoms with E-state index in [1.807, 2.05) is 6.92 Å². The zero-order valence-corrected chi connectivity index (χ0v) is 12.0. The van der Waals surface area contributed by atoms with Crippen molar-refractivity contribution < 1.29 is 0 Å². The SMILES string of the molecule is CC(N)c1nc(C2C3CC4CC(C3)CC2C4)cc(=O)[nH]1. The predicted molar refractivity (Wildman–Crippen MR) is 77.2 cm³/mol. The summed E-state index contributed by atoms with van der Waals surface area (Å²) in [5.74, 6) is 4.54.